The summed E-state index contributed by atoms with van der Waals surface area (Å²) in [4.78, 5) is 0. The van der Waals surface area contributed by atoms with Gasteiger partial charge in [0.15, 0.2) is 0 Å². The number of piperidine rings is 1. The van der Waals surface area contributed by atoms with Crippen molar-refractivity contribution < 1.29 is 4.74 Å². The van der Waals surface area contributed by atoms with Crippen molar-refractivity contribution in [1.82, 2.24) is 5.32 Å². The van der Waals surface area contributed by atoms with Crippen LogP contribution in [0.4, 0.5) is 0 Å². The maximum absolute atomic E-state index is 5.43. The van der Waals surface area contributed by atoms with Crippen molar-refractivity contribution in [3.63, 3.8) is 0 Å². The van der Waals surface area contributed by atoms with E-state index in [9.17, 15) is 0 Å². The molecule has 1 aromatic carbocycles. The van der Waals surface area contributed by atoms with Crippen molar-refractivity contribution in [3.05, 3.63) is 28.8 Å². The van der Waals surface area contributed by atoms with E-state index in [0.29, 0.717) is 6.04 Å². The Labute approximate surface area is 97.0 Å². The Morgan fingerprint density at radius 3 is 3.06 bits per heavy atom. The number of methoxy groups -OCH3 is 1. The largest absolute Gasteiger partial charge is 0.496 e. The molecule has 0 bridgehead atoms. The molecule has 0 radical (unpaired) electrons. The second kappa shape index (κ2) is 3.77. The highest BCUT2D eigenvalue weighted by Gasteiger charge is 2.34. The van der Waals surface area contributed by atoms with E-state index in [2.05, 4.69) is 24.4 Å². The molecule has 2 atom stereocenters. The zero-order valence-electron chi connectivity index (χ0n) is 10.0. The van der Waals surface area contributed by atoms with Crippen LogP contribution in [0.25, 0.3) is 0 Å². The summed E-state index contributed by atoms with van der Waals surface area (Å²) in [5.41, 5.74) is 4.32. The average molecular weight is 217 g/mol. The van der Waals surface area contributed by atoms with Crippen LogP contribution < -0.4 is 10.1 Å². The predicted octanol–water partition coefficient (Wildman–Crippen LogP) is 2.40. The van der Waals surface area contributed by atoms with Gasteiger partial charge in [0.25, 0.3) is 0 Å². The quantitative estimate of drug-likeness (QED) is 0.780. The van der Waals surface area contributed by atoms with Crippen LogP contribution in [0.1, 0.15) is 35.4 Å². The molecule has 1 aliphatic carbocycles. The van der Waals surface area contributed by atoms with Crippen LogP contribution in [0, 0.1) is 6.92 Å². The normalized spacial score (nSPS) is 27.4. The first kappa shape index (κ1) is 10.2. The molecular weight excluding hydrogens is 198 g/mol. The number of hydrogen-bond donors (Lipinski definition) is 1. The van der Waals surface area contributed by atoms with Crippen LogP contribution in [-0.2, 0) is 6.42 Å². The van der Waals surface area contributed by atoms with Gasteiger partial charge in [0.1, 0.15) is 5.75 Å². The number of aryl methyl sites for hydroxylation is 1. The first-order chi connectivity index (χ1) is 7.79. The van der Waals surface area contributed by atoms with Gasteiger partial charge >= 0.3 is 0 Å². The summed E-state index contributed by atoms with van der Waals surface area (Å²) in [7, 11) is 1.76. The lowest BCUT2D eigenvalue weighted by Gasteiger charge is -2.27. The monoisotopic (exact) mass is 217 g/mol. The molecule has 1 N–H and O–H groups in total. The second-order valence-electron chi connectivity index (χ2n) is 5.03. The molecule has 2 aliphatic rings. The Morgan fingerprint density at radius 2 is 2.25 bits per heavy atom. The molecule has 1 unspecified atom stereocenters. The molecule has 1 aromatic rings. The first-order valence-electron chi connectivity index (χ1n) is 6.20. The van der Waals surface area contributed by atoms with Gasteiger partial charge < -0.3 is 10.1 Å². The average Bonchev–Trinajstić information content (AvgIpc) is 2.65. The maximum atomic E-state index is 5.43. The van der Waals surface area contributed by atoms with Crippen molar-refractivity contribution in [2.24, 2.45) is 0 Å². The van der Waals surface area contributed by atoms with Gasteiger partial charge in [-0.25, -0.2) is 0 Å². The summed E-state index contributed by atoms with van der Waals surface area (Å²) in [6.45, 7) is 3.32. The number of hydrogen-bond acceptors (Lipinski definition) is 2. The first-order valence-corrected chi connectivity index (χ1v) is 6.20. The van der Waals surface area contributed by atoms with E-state index >= 15 is 0 Å². The minimum absolute atomic E-state index is 0.676. The molecule has 16 heavy (non-hydrogen) atoms. The molecule has 0 amide bonds. The summed E-state index contributed by atoms with van der Waals surface area (Å²) >= 11 is 0. The minimum Gasteiger partial charge on any atom is -0.496 e. The van der Waals surface area contributed by atoms with Gasteiger partial charge in [-0.2, -0.15) is 0 Å². The van der Waals surface area contributed by atoms with E-state index in [1.54, 1.807) is 7.11 Å². The fourth-order valence-electron chi connectivity index (χ4n) is 3.28. The highest BCUT2D eigenvalue weighted by atomic mass is 16.5. The van der Waals surface area contributed by atoms with Gasteiger partial charge in [0.05, 0.1) is 7.11 Å². The van der Waals surface area contributed by atoms with Crippen molar-refractivity contribution in [2.45, 2.75) is 38.1 Å². The van der Waals surface area contributed by atoms with E-state index in [1.807, 2.05) is 0 Å². The molecule has 1 aliphatic heterocycles. The molecule has 0 aromatic heterocycles. The third-order valence-electron chi connectivity index (χ3n) is 4.08. The predicted molar refractivity (Wildman–Crippen MR) is 65.2 cm³/mol. The number of nitrogens with one attached hydrogen (secondary N) is 1. The molecule has 0 spiro atoms. The standard InChI is InChI=1S/C14H19NO/c1-9-6-10-7-13-11(4-3-5-15-13)12(10)8-14(9)16-2/h6,8,11,13,15H,3-5,7H2,1-2H3/t11?,13-/m0/s1. The van der Waals surface area contributed by atoms with E-state index in [1.165, 1.54) is 42.5 Å². The molecule has 1 heterocycles. The Kier molecular flexibility index (Phi) is 2.40. The minimum atomic E-state index is 0.676. The smallest absolute Gasteiger partial charge is 0.122 e. The van der Waals surface area contributed by atoms with Crippen LogP contribution in [0.15, 0.2) is 12.1 Å². The van der Waals surface area contributed by atoms with Gasteiger partial charge in [-0.3, -0.25) is 0 Å². The van der Waals surface area contributed by atoms with Crippen LogP contribution in [0.3, 0.4) is 0 Å². The zero-order chi connectivity index (χ0) is 11.1. The van der Waals surface area contributed by atoms with Gasteiger partial charge in [0, 0.05) is 6.04 Å². The van der Waals surface area contributed by atoms with Crippen LogP contribution in [-0.4, -0.2) is 19.7 Å². The fraction of sp³-hybridized carbons (Fsp3) is 0.571. The van der Waals surface area contributed by atoms with Crippen LogP contribution >= 0.6 is 0 Å². The molecule has 3 rings (SSSR count). The summed E-state index contributed by atoms with van der Waals surface area (Å²) in [6.07, 6.45) is 3.83. The van der Waals surface area contributed by atoms with E-state index in [-0.39, 0.29) is 0 Å². The highest BCUT2D eigenvalue weighted by Crippen LogP contribution is 2.41. The molecule has 86 valence electrons. The SMILES string of the molecule is COc1cc2c(cc1C)C[C@@H]1NCCCC21. The topological polar surface area (TPSA) is 21.3 Å². The summed E-state index contributed by atoms with van der Waals surface area (Å²) in [5, 5.41) is 3.64. The summed E-state index contributed by atoms with van der Waals surface area (Å²) < 4.78 is 5.43. The van der Waals surface area contributed by atoms with Gasteiger partial charge in [-0.05, 0) is 61.4 Å². The van der Waals surface area contributed by atoms with Crippen LogP contribution in [0.5, 0.6) is 5.75 Å². The fourth-order valence-corrected chi connectivity index (χ4v) is 3.28. The Hall–Kier alpha value is -1.02. The zero-order valence-corrected chi connectivity index (χ0v) is 10.0. The Morgan fingerprint density at radius 1 is 1.38 bits per heavy atom. The summed E-state index contributed by atoms with van der Waals surface area (Å²) in [5.74, 6) is 1.77. The van der Waals surface area contributed by atoms with E-state index in [0.717, 1.165) is 11.7 Å². The van der Waals surface area contributed by atoms with Crippen molar-refractivity contribution in [1.29, 1.82) is 0 Å². The van der Waals surface area contributed by atoms with Gasteiger partial charge in [-0.1, -0.05) is 6.07 Å². The Balaban J connectivity index is 2.02. The molecule has 1 fully saturated rings. The number of rotatable bonds is 1. The van der Waals surface area contributed by atoms with E-state index in [4.69, 9.17) is 4.74 Å². The third kappa shape index (κ3) is 1.44. The van der Waals surface area contributed by atoms with Crippen molar-refractivity contribution in [2.75, 3.05) is 13.7 Å². The van der Waals surface area contributed by atoms with Gasteiger partial charge in [0.2, 0.25) is 0 Å². The highest BCUT2D eigenvalue weighted by molar-refractivity contribution is 5.47. The molecule has 0 saturated carbocycles. The lowest BCUT2D eigenvalue weighted by atomic mass is 9.90. The maximum Gasteiger partial charge on any atom is 0.122 e. The second-order valence-corrected chi connectivity index (χ2v) is 5.03. The lowest BCUT2D eigenvalue weighted by Crippen LogP contribution is -2.37. The molecule has 2 heteroatoms. The lowest BCUT2D eigenvalue weighted by molar-refractivity contribution is 0.371. The van der Waals surface area contributed by atoms with Crippen molar-refractivity contribution >= 4 is 0 Å². The third-order valence-corrected chi connectivity index (χ3v) is 4.08. The van der Waals surface area contributed by atoms with Crippen LogP contribution in [0.2, 0.25) is 0 Å². The number of fused-ring (bicyclic) bond motifs is 3. The van der Waals surface area contributed by atoms with Gasteiger partial charge in [-0.15, -0.1) is 0 Å². The molecule has 2 nitrogen and oxygen atoms in total. The summed E-state index contributed by atoms with van der Waals surface area (Å²) in [6, 6.07) is 5.26. The molecule has 1 saturated heterocycles. The molecular formula is C14H19NO. The van der Waals surface area contributed by atoms with E-state index < -0.39 is 0 Å². The number of ether oxygens (including phenoxy) is 1. The Bertz CT molecular complexity index is 413. The van der Waals surface area contributed by atoms with Crippen molar-refractivity contribution in [3.8, 4) is 5.75 Å². The number of benzene rings is 1.